The van der Waals surface area contributed by atoms with E-state index in [-0.39, 0.29) is 0 Å². The molecule has 1 aliphatic rings. The molecule has 0 unspecified atom stereocenters. The molecule has 0 amide bonds. The Kier molecular flexibility index (Phi) is 5.85. The maximum absolute atomic E-state index is 6.16. The van der Waals surface area contributed by atoms with Crippen molar-refractivity contribution in [3.8, 4) is 16.9 Å². The number of nitrogens with one attached hydrogen (secondary N) is 1. The zero-order valence-electron chi connectivity index (χ0n) is 20.7. The van der Waals surface area contributed by atoms with Gasteiger partial charge in [-0.25, -0.2) is 15.0 Å². The number of rotatable bonds is 5. The summed E-state index contributed by atoms with van der Waals surface area (Å²) < 4.78 is 6.16. The lowest BCUT2D eigenvalue weighted by atomic mass is 10.0. The van der Waals surface area contributed by atoms with Crippen LogP contribution >= 0.6 is 0 Å². The number of anilines is 1. The number of nitrogens with zero attached hydrogens (tertiary/aromatic N) is 4. The van der Waals surface area contributed by atoms with Crippen LogP contribution in [-0.2, 0) is 19.4 Å². The highest BCUT2D eigenvalue weighted by Crippen LogP contribution is 2.33. The lowest BCUT2D eigenvalue weighted by Gasteiger charge is -2.24. The second-order valence-electron chi connectivity index (χ2n) is 9.39. The predicted molar refractivity (Wildman–Crippen MR) is 143 cm³/mol. The van der Waals surface area contributed by atoms with Crippen LogP contribution in [0.25, 0.3) is 22.2 Å². The first-order valence-corrected chi connectivity index (χ1v) is 12.5. The van der Waals surface area contributed by atoms with Crippen molar-refractivity contribution in [2.75, 3.05) is 18.1 Å². The molecule has 0 bridgehead atoms. The Morgan fingerprint density at radius 1 is 0.917 bits per heavy atom. The third-order valence-electron chi connectivity index (χ3n) is 6.92. The summed E-state index contributed by atoms with van der Waals surface area (Å²) in [4.78, 5) is 19.5. The summed E-state index contributed by atoms with van der Waals surface area (Å²) in [5.41, 5.74) is 9.10. The molecule has 1 N–H and O–H groups in total. The Balaban J connectivity index is 1.31. The summed E-state index contributed by atoms with van der Waals surface area (Å²) in [6.07, 6.45) is 3.55. The summed E-state index contributed by atoms with van der Waals surface area (Å²) in [5, 5.41) is 0. The summed E-state index contributed by atoms with van der Waals surface area (Å²) >= 11 is 0. The highest BCUT2D eigenvalue weighted by atomic mass is 16.5. The summed E-state index contributed by atoms with van der Waals surface area (Å²) in [7, 11) is 0. The van der Waals surface area contributed by atoms with Crippen molar-refractivity contribution in [2.45, 2.75) is 33.2 Å². The lowest BCUT2D eigenvalue weighted by Crippen LogP contribution is -2.28. The van der Waals surface area contributed by atoms with Gasteiger partial charge in [-0.05, 0) is 67.6 Å². The largest absolute Gasteiger partial charge is 0.491 e. The van der Waals surface area contributed by atoms with Crippen molar-refractivity contribution >= 4 is 16.9 Å². The maximum Gasteiger partial charge on any atom is 0.135 e. The number of aromatic amines is 1. The molecule has 0 saturated carbocycles. The number of aryl methyl sites for hydroxylation is 3. The Bertz CT molecular complexity index is 1530. The first kappa shape index (κ1) is 22.3. The number of hydrogen-bond acceptors (Lipinski definition) is 5. The van der Waals surface area contributed by atoms with Gasteiger partial charge < -0.3 is 14.6 Å². The first-order chi connectivity index (χ1) is 17.6. The monoisotopic (exact) mass is 475 g/mol. The molecule has 180 valence electrons. The summed E-state index contributed by atoms with van der Waals surface area (Å²) in [6, 6.07) is 23.5. The Hall–Kier alpha value is -4.19. The zero-order valence-corrected chi connectivity index (χ0v) is 20.7. The number of aromatic nitrogens is 4. The third kappa shape index (κ3) is 4.42. The second kappa shape index (κ2) is 9.46. The number of imidazole rings is 1. The van der Waals surface area contributed by atoms with Gasteiger partial charge in [-0.15, -0.1) is 0 Å². The van der Waals surface area contributed by atoms with Crippen molar-refractivity contribution in [3.05, 3.63) is 101 Å². The fourth-order valence-corrected chi connectivity index (χ4v) is 5.04. The molecular weight excluding hydrogens is 446 g/mol. The fraction of sp³-hybridized carbons (Fsp3) is 0.233. The zero-order chi connectivity index (χ0) is 24.5. The van der Waals surface area contributed by atoms with E-state index in [2.05, 4.69) is 93.5 Å². The van der Waals surface area contributed by atoms with Crippen molar-refractivity contribution < 1.29 is 4.74 Å². The van der Waals surface area contributed by atoms with E-state index in [9.17, 15) is 0 Å². The minimum atomic E-state index is 0.618. The van der Waals surface area contributed by atoms with E-state index in [0.29, 0.717) is 6.61 Å². The molecule has 2 aromatic heterocycles. The van der Waals surface area contributed by atoms with E-state index in [1.807, 2.05) is 6.92 Å². The molecular formula is C30H29N5O. The summed E-state index contributed by atoms with van der Waals surface area (Å²) in [5.74, 6) is 2.88. The molecule has 0 saturated heterocycles. The van der Waals surface area contributed by atoms with Gasteiger partial charge in [0.25, 0.3) is 0 Å². The van der Waals surface area contributed by atoms with E-state index in [1.165, 1.54) is 11.1 Å². The number of H-pyrrole nitrogens is 1. The molecule has 0 aliphatic carbocycles. The number of fused-ring (bicyclic) bond motifs is 2. The average Bonchev–Trinajstić information content (AvgIpc) is 3.14. The minimum Gasteiger partial charge on any atom is -0.491 e. The van der Waals surface area contributed by atoms with Gasteiger partial charge >= 0.3 is 0 Å². The SMILES string of the molecule is Cc1nc2ccc(-c3ccc4c(c3)CN(c3ncnc(C)c3CCc3ccccc3)CCO4)cc2[nH]1. The van der Waals surface area contributed by atoms with Crippen LogP contribution in [0.15, 0.2) is 73.1 Å². The first-order valence-electron chi connectivity index (χ1n) is 12.5. The Morgan fingerprint density at radius 3 is 2.64 bits per heavy atom. The van der Waals surface area contributed by atoms with Gasteiger partial charge in [0.05, 0.1) is 17.6 Å². The number of hydrogen-bond donors (Lipinski definition) is 1. The van der Waals surface area contributed by atoms with Gasteiger partial charge in [0.1, 0.15) is 30.3 Å². The fourth-order valence-electron chi connectivity index (χ4n) is 5.04. The van der Waals surface area contributed by atoms with Crippen molar-refractivity contribution in [2.24, 2.45) is 0 Å². The van der Waals surface area contributed by atoms with Gasteiger partial charge in [-0.3, -0.25) is 0 Å². The van der Waals surface area contributed by atoms with E-state index in [1.54, 1.807) is 6.33 Å². The Labute approximate surface area is 211 Å². The van der Waals surface area contributed by atoms with Crippen molar-refractivity contribution in [1.29, 1.82) is 0 Å². The molecule has 36 heavy (non-hydrogen) atoms. The lowest BCUT2D eigenvalue weighted by molar-refractivity contribution is 0.331. The molecule has 1 aliphatic heterocycles. The van der Waals surface area contributed by atoms with Gasteiger partial charge in [-0.1, -0.05) is 42.5 Å². The van der Waals surface area contributed by atoms with Crippen molar-refractivity contribution in [3.63, 3.8) is 0 Å². The van der Waals surface area contributed by atoms with Gasteiger partial charge in [0, 0.05) is 23.4 Å². The quantitative estimate of drug-likeness (QED) is 0.347. The highest BCUT2D eigenvalue weighted by Gasteiger charge is 2.21. The molecule has 6 rings (SSSR count). The molecule has 5 aromatic rings. The van der Waals surface area contributed by atoms with E-state index in [4.69, 9.17) is 9.72 Å². The topological polar surface area (TPSA) is 66.9 Å². The van der Waals surface area contributed by atoms with Crippen LogP contribution in [0.5, 0.6) is 5.75 Å². The highest BCUT2D eigenvalue weighted by molar-refractivity contribution is 5.82. The predicted octanol–water partition coefficient (Wildman–Crippen LogP) is 5.82. The van der Waals surface area contributed by atoms with Gasteiger partial charge in [-0.2, -0.15) is 0 Å². The Morgan fingerprint density at radius 2 is 1.75 bits per heavy atom. The van der Waals surface area contributed by atoms with Gasteiger partial charge in [0.15, 0.2) is 0 Å². The molecule has 0 radical (unpaired) electrons. The maximum atomic E-state index is 6.16. The smallest absolute Gasteiger partial charge is 0.135 e. The molecule has 6 nitrogen and oxygen atoms in total. The van der Waals surface area contributed by atoms with Crippen LogP contribution in [0.2, 0.25) is 0 Å². The van der Waals surface area contributed by atoms with Crippen LogP contribution in [0.1, 0.15) is 28.2 Å². The van der Waals surface area contributed by atoms with Gasteiger partial charge in [0.2, 0.25) is 0 Å². The molecule has 0 spiro atoms. The van der Waals surface area contributed by atoms with E-state index in [0.717, 1.165) is 76.7 Å². The average molecular weight is 476 g/mol. The minimum absolute atomic E-state index is 0.618. The van der Waals surface area contributed by atoms with Crippen LogP contribution in [0.3, 0.4) is 0 Å². The standard InChI is InChI=1S/C30H29N5O/c1-20-26(11-8-22-6-4-3-5-7-22)30(32-19-31-20)35-14-15-36-29-13-10-23(16-25(29)18-35)24-9-12-27-28(17-24)34-21(2)33-27/h3-7,9-10,12-13,16-17,19H,8,11,14-15,18H2,1-2H3,(H,33,34). The van der Waals surface area contributed by atoms with Crippen LogP contribution in [0.4, 0.5) is 5.82 Å². The van der Waals surface area contributed by atoms with Crippen LogP contribution in [-0.4, -0.2) is 33.1 Å². The molecule has 3 aromatic carbocycles. The molecule has 0 fully saturated rings. The second-order valence-corrected chi connectivity index (χ2v) is 9.39. The summed E-state index contributed by atoms with van der Waals surface area (Å²) in [6.45, 7) is 6.20. The van der Waals surface area contributed by atoms with Crippen LogP contribution in [0, 0.1) is 13.8 Å². The molecule has 3 heterocycles. The van der Waals surface area contributed by atoms with E-state index >= 15 is 0 Å². The normalized spacial score (nSPS) is 13.3. The van der Waals surface area contributed by atoms with Crippen LogP contribution < -0.4 is 9.64 Å². The number of benzene rings is 3. The third-order valence-corrected chi connectivity index (χ3v) is 6.92. The number of ether oxygens (including phenoxy) is 1. The van der Waals surface area contributed by atoms with E-state index < -0.39 is 0 Å². The molecule has 6 heteroatoms. The van der Waals surface area contributed by atoms with Crippen molar-refractivity contribution in [1.82, 2.24) is 19.9 Å². The molecule has 0 atom stereocenters.